The van der Waals surface area contributed by atoms with Crippen molar-refractivity contribution in [1.82, 2.24) is 0 Å². The SMILES string of the molecule is C=C1CC23CCC4[C@@](C)(CCC[C@@]4(C)C(=O)O[C@H]4C[C@@H](O)C(O)[C@@H](CO)O4)C2CCC1(O[C@@H]1O[C@H](CO)C(O)[C@H](O[C@@H]2O[C@H](CO)C[C@H](O)C2I)C1OC1OCC(O)CC1O)C3. The van der Waals surface area contributed by atoms with Crippen molar-refractivity contribution < 1.29 is 88.6 Å². The molecule has 4 saturated heterocycles. The van der Waals surface area contributed by atoms with Crippen molar-refractivity contribution in [1.29, 1.82) is 0 Å². The van der Waals surface area contributed by atoms with E-state index in [4.69, 9.17) is 37.9 Å². The van der Waals surface area contributed by atoms with Crippen LogP contribution in [0.4, 0.5) is 0 Å². The quantitative estimate of drug-likeness (QED) is 0.0435. The summed E-state index contributed by atoms with van der Waals surface area (Å²) in [5, 5.41) is 94.5. The second kappa shape index (κ2) is 18.4. The lowest BCUT2D eigenvalue weighted by Gasteiger charge is -2.64. The molecule has 62 heavy (non-hydrogen) atoms. The maximum atomic E-state index is 14.2. The molecule has 9 N–H and O–H groups in total. The molecule has 0 radical (unpaired) electrons. The minimum atomic E-state index is -1.50. The second-order valence-corrected chi connectivity index (χ2v) is 21.4. The summed E-state index contributed by atoms with van der Waals surface area (Å²) in [6, 6.07) is 0. The molecule has 4 saturated carbocycles. The van der Waals surface area contributed by atoms with Gasteiger partial charge in [0.2, 0.25) is 6.29 Å². The van der Waals surface area contributed by atoms with Crippen LogP contribution in [0.5, 0.6) is 0 Å². The molecule has 354 valence electrons. The molecule has 1 spiro atoms. The fourth-order valence-electron chi connectivity index (χ4n) is 13.2. The highest BCUT2D eigenvalue weighted by atomic mass is 127. The van der Waals surface area contributed by atoms with Gasteiger partial charge in [-0.3, -0.25) is 4.79 Å². The van der Waals surface area contributed by atoms with E-state index in [1.807, 2.05) is 29.5 Å². The Morgan fingerprint density at radius 3 is 2.19 bits per heavy atom. The molecule has 0 amide bonds. The van der Waals surface area contributed by atoms with Gasteiger partial charge in [0, 0.05) is 19.3 Å². The van der Waals surface area contributed by atoms with Gasteiger partial charge in [-0.1, -0.05) is 42.5 Å². The predicted molar refractivity (Wildman–Crippen MR) is 221 cm³/mol. The van der Waals surface area contributed by atoms with Crippen LogP contribution < -0.4 is 0 Å². The number of aliphatic hydroxyl groups is 9. The van der Waals surface area contributed by atoms with Gasteiger partial charge in [-0.05, 0) is 86.5 Å². The minimum absolute atomic E-state index is 0.0285. The fraction of sp³-hybridized carbons (Fsp3) is 0.930. The van der Waals surface area contributed by atoms with Crippen LogP contribution in [-0.2, 0) is 42.7 Å². The van der Waals surface area contributed by atoms with Crippen LogP contribution in [0.15, 0.2) is 12.2 Å². The van der Waals surface area contributed by atoms with Crippen molar-refractivity contribution in [3.8, 4) is 0 Å². The van der Waals surface area contributed by atoms with Crippen molar-refractivity contribution in [2.24, 2.45) is 28.1 Å². The van der Waals surface area contributed by atoms with Gasteiger partial charge in [0.25, 0.3) is 0 Å². The smallest absolute Gasteiger partial charge is 0.314 e. The molecule has 4 heterocycles. The van der Waals surface area contributed by atoms with E-state index >= 15 is 0 Å². The highest BCUT2D eigenvalue weighted by Crippen LogP contribution is 2.73. The Hall–Kier alpha value is -0.700. The first kappa shape index (κ1) is 47.8. The maximum Gasteiger partial charge on any atom is 0.314 e. The highest BCUT2D eigenvalue weighted by molar-refractivity contribution is 14.1. The van der Waals surface area contributed by atoms with E-state index < -0.39 is 126 Å². The molecule has 22 atom stereocenters. The topological polar surface area (TPSA) is 273 Å². The van der Waals surface area contributed by atoms with Gasteiger partial charge in [-0.15, -0.1) is 0 Å². The van der Waals surface area contributed by atoms with Crippen molar-refractivity contribution in [3.63, 3.8) is 0 Å². The van der Waals surface area contributed by atoms with Crippen LogP contribution in [0, 0.1) is 28.1 Å². The Labute approximate surface area is 375 Å². The molecule has 4 aliphatic heterocycles. The first-order valence-corrected chi connectivity index (χ1v) is 23.7. The van der Waals surface area contributed by atoms with Gasteiger partial charge in [-0.25, -0.2) is 0 Å². The molecule has 4 aliphatic carbocycles. The Balaban J connectivity index is 1.04. The van der Waals surface area contributed by atoms with Crippen molar-refractivity contribution >= 4 is 28.6 Å². The summed E-state index contributed by atoms with van der Waals surface area (Å²) in [5.41, 5.74) is -1.40. The van der Waals surface area contributed by atoms with Gasteiger partial charge in [-0.2, -0.15) is 0 Å². The number of rotatable bonds is 11. The average molecular weight is 999 g/mol. The van der Waals surface area contributed by atoms with Crippen molar-refractivity contribution in [3.05, 3.63) is 12.2 Å². The lowest BCUT2D eigenvalue weighted by Crippen LogP contribution is -2.65. The zero-order chi connectivity index (χ0) is 44.5. The molecular formula is C43H67IO18. The summed E-state index contributed by atoms with van der Waals surface area (Å²) in [7, 11) is 0. The van der Waals surface area contributed by atoms with Crippen LogP contribution in [0.25, 0.3) is 0 Å². The first-order valence-electron chi connectivity index (χ1n) is 22.4. The van der Waals surface area contributed by atoms with Crippen LogP contribution >= 0.6 is 22.6 Å². The number of halogens is 1. The van der Waals surface area contributed by atoms with Crippen LogP contribution in [0.3, 0.4) is 0 Å². The van der Waals surface area contributed by atoms with E-state index in [-0.39, 0.29) is 55.1 Å². The van der Waals surface area contributed by atoms with Crippen molar-refractivity contribution in [2.75, 3.05) is 26.4 Å². The second-order valence-electron chi connectivity index (χ2n) is 20.0. The minimum Gasteiger partial charge on any atom is -0.435 e. The van der Waals surface area contributed by atoms with E-state index in [2.05, 4.69) is 13.5 Å². The zero-order valence-electron chi connectivity index (χ0n) is 35.5. The maximum absolute atomic E-state index is 14.2. The number of carbonyl (C=O) groups excluding carboxylic acids is 1. The largest absolute Gasteiger partial charge is 0.435 e. The summed E-state index contributed by atoms with van der Waals surface area (Å²) in [5.74, 6) is -0.250. The van der Waals surface area contributed by atoms with Crippen LogP contribution in [0.1, 0.15) is 90.9 Å². The van der Waals surface area contributed by atoms with Gasteiger partial charge in [0.1, 0.15) is 42.7 Å². The number of hydrogen-bond donors (Lipinski definition) is 9. The summed E-state index contributed by atoms with van der Waals surface area (Å²) in [6.45, 7) is 7.23. The number of carbonyl (C=O) groups is 1. The summed E-state index contributed by atoms with van der Waals surface area (Å²) < 4.78 is 49.2. The lowest BCUT2D eigenvalue weighted by molar-refractivity contribution is -0.381. The molecule has 8 aliphatic rings. The molecule has 0 aromatic heterocycles. The third kappa shape index (κ3) is 8.47. The normalized spacial score (nSPS) is 53.1. The summed E-state index contributed by atoms with van der Waals surface area (Å²) in [6.07, 6.45) is -11.1. The Morgan fingerprint density at radius 2 is 1.48 bits per heavy atom. The zero-order valence-corrected chi connectivity index (χ0v) is 37.6. The molecule has 2 bridgehead atoms. The van der Waals surface area contributed by atoms with E-state index in [1.54, 1.807) is 0 Å². The predicted octanol–water partition coefficient (Wildman–Crippen LogP) is 0.0555. The molecule has 11 unspecified atom stereocenters. The standard InChI is InChI=1S/C43H67IO18/c1-20-14-42-9-5-28-40(2,7-4-8-41(28,3)39(54)59-30-13-24(50)32(52)26(16-46)57-30)29(42)6-10-43(20,19-42)62-38-35(61-36-25(51)11-21(48)18-55-36)34(33(53)27(17-47)58-38)60-37-31(44)23(49)12-22(15-45)56-37/h21-38,45-53H,1,4-19H2,2-3H3/t21?,22-,23-,24+,25?,26+,27+,28?,29?,30-,31?,32?,33?,34-,35?,36?,37-,38-,40+,41+,42?,43?/m0/s1. The Bertz CT molecular complexity index is 1610. The summed E-state index contributed by atoms with van der Waals surface area (Å²) in [4.78, 5) is 14.2. The summed E-state index contributed by atoms with van der Waals surface area (Å²) >= 11 is 2.00. The molecule has 18 nitrogen and oxygen atoms in total. The number of alkyl halides is 1. The highest BCUT2D eigenvalue weighted by Gasteiger charge is 2.69. The van der Waals surface area contributed by atoms with E-state index in [0.29, 0.717) is 25.7 Å². The van der Waals surface area contributed by atoms with E-state index in [1.165, 1.54) is 0 Å². The van der Waals surface area contributed by atoms with Gasteiger partial charge in [0.15, 0.2) is 18.9 Å². The Kier molecular flexibility index (Phi) is 14.2. The molecule has 0 aromatic carbocycles. The first-order chi connectivity index (χ1) is 29.4. The molecule has 19 heteroatoms. The molecule has 0 aromatic rings. The van der Waals surface area contributed by atoms with E-state index in [9.17, 15) is 50.8 Å². The van der Waals surface area contributed by atoms with Crippen LogP contribution in [0.2, 0.25) is 0 Å². The van der Waals surface area contributed by atoms with Crippen LogP contribution in [-0.4, -0.2) is 180 Å². The fourth-order valence-corrected chi connectivity index (χ4v) is 13.8. The lowest BCUT2D eigenvalue weighted by atomic mass is 9.41. The number of fused-ring (bicyclic) bond motifs is 3. The number of aliphatic hydroxyl groups excluding tert-OH is 9. The van der Waals surface area contributed by atoms with Gasteiger partial charge < -0.3 is 83.9 Å². The third-order valence-electron chi connectivity index (χ3n) is 16.2. The number of esters is 1. The third-order valence-corrected chi connectivity index (χ3v) is 17.6. The molecule has 8 fully saturated rings. The molecule has 8 rings (SSSR count). The molecular weight excluding hydrogens is 931 g/mol. The Morgan fingerprint density at radius 1 is 0.774 bits per heavy atom. The average Bonchev–Trinajstić information content (AvgIpc) is 3.43. The monoisotopic (exact) mass is 998 g/mol. The number of hydrogen-bond acceptors (Lipinski definition) is 18. The van der Waals surface area contributed by atoms with Crippen molar-refractivity contribution in [2.45, 2.75) is 193 Å². The van der Waals surface area contributed by atoms with Gasteiger partial charge in [0.05, 0.1) is 65.8 Å². The van der Waals surface area contributed by atoms with Gasteiger partial charge >= 0.3 is 5.97 Å². The van der Waals surface area contributed by atoms with E-state index in [0.717, 1.165) is 37.7 Å². The number of ether oxygens (including phenoxy) is 8.